The van der Waals surface area contributed by atoms with Gasteiger partial charge < -0.3 is 4.74 Å². The molecular weight excluding hydrogens is 310 g/mol. The fourth-order valence-corrected chi connectivity index (χ4v) is 2.74. The van der Waals surface area contributed by atoms with Gasteiger partial charge >= 0.3 is 11.9 Å². The monoisotopic (exact) mass is 325 g/mol. The van der Waals surface area contributed by atoms with Crippen LogP contribution in [0.2, 0.25) is 0 Å². The predicted molar refractivity (Wildman–Crippen MR) is 85.4 cm³/mol. The van der Waals surface area contributed by atoms with E-state index < -0.39 is 22.3 Å². The number of hydrogen-bond acceptors (Lipinski definition) is 5. The van der Waals surface area contributed by atoms with Crippen molar-refractivity contribution in [3.05, 3.63) is 75.8 Å². The molecule has 0 radical (unpaired) electrons. The number of rotatable bonds is 4. The van der Waals surface area contributed by atoms with Gasteiger partial charge in [0, 0.05) is 18.1 Å². The number of nitro benzene ring substituents is 1. The molecule has 24 heavy (non-hydrogen) atoms. The normalized spacial score (nSPS) is 21.8. The maximum Gasteiger partial charge on any atom is 0.345 e. The first kappa shape index (κ1) is 15.9. The number of esters is 2. The molecule has 1 saturated carbocycles. The van der Waals surface area contributed by atoms with Crippen molar-refractivity contribution in [2.45, 2.75) is 19.3 Å². The SMILES string of the molecule is CC1(C(=O)OC(=O)c2ccc([N+](=O)[O-])cc2)CC1c1ccccc1. The Morgan fingerprint density at radius 1 is 1.12 bits per heavy atom. The Hall–Kier alpha value is -3.02. The van der Waals surface area contributed by atoms with Gasteiger partial charge in [0.1, 0.15) is 0 Å². The third kappa shape index (κ3) is 2.90. The topological polar surface area (TPSA) is 86.5 Å². The molecule has 1 aliphatic carbocycles. The molecule has 0 saturated heterocycles. The number of nitro groups is 1. The van der Waals surface area contributed by atoms with E-state index in [1.165, 1.54) is 24.3 Å². The van der Waals surface area contributed by atoms with Crippen LogP contribution in [0.5, 0.6) is 0 Å². The predicted octanol–water partition coefficient (Wildman–Crippen LogP) is 3.47. The number of benzene rings is 2. The van der Waals surface area contributed by atoms with Crippen LogP contribution in [0.3, 0.4) is 0 Å². The number of non-ortho nitro benzene ring substituents is 1. The van der Waals surface area contributed by atoms with Crippen molar-refractivity contribution in [2.75, 3.05) is 0 Å². The fourth-order valence-electron chi connectivity index (χ4n) is 2.74. The van der Waals surface area contributed by atoms with Gasteiger partial charge in [-0.3, -0.25) is 14.9 Å². The summed E-state index contributed by atoms with van der Waals surface area (Å²) in [7, 11) is 0. The van der Waals surface area contributed by atoms with E-state index in [2.05, 4.69) is 0 Å². The smallest absolute Gasteiger partial charge is 0.345 e. The minimum Gasteiger partial charge on any atom is -0.389 e. The zero-order valence-corrected chi connectivity index (χ0v) is 13.0. The highest BCUT2D eigenvalue weighted by Gasteiger charge is 2.58. The average Bonchev–Trinajstić information content (AvgIpc) is 3.29. The van der Waals surface area contributed by atoms with Crippen molar-refractivity contribution < 1.29 is 19.2 Å². The van der Waals surface area contributed by atoms with Gasteiger partial charge in [-0.2, -0.15) is 0 Å². The molecule has 0 spiro atoms. The average molecular weight is 325 g/mol. The Bertz CT molecular complexity index is 800. The van der Waals surface area contributed by atoms with Crippen LogP contribution in [0, 0.1) is 15.5 Å². The molecule has 0 aromatic heterocycles. The van der Waals surface area contributed by atoms with Crippen LogP contribution in [-0.2, 0) is 9.53 Å². The highest BCUT2D eigenvalue weighted by Crippen LogP contribution is 2.59. The third-order valence-corrected chi connectivity index (χ3v) is 4.40. The van der Waals surface area contributed by atoms with E-state index in [-0.39, 0.29) is 17.2 Å². The molecule has 2 atom stereocenters. The molecule has 2 aromatic rings. The molecule has 6 nitrogen and oxygen atoms in total. The highest BCUT2D eigenvalue weighted by atomic mass is 16.6. The lowest BCUT2D eigenvalue weighted by Crippen LogP contribution is -2.21. The number of carbonyl (C=O) groups excluding carboxylic acids is 2. The van der Waals surface area contributed by atoms with E-state index in [1.807, 2.05) is 30.3 Å². The van der Waals surface area contributed by atoms with Crippen molar-refractivity contribution in [1.82, 2.24) is 0 Å². The lowest BCUT2D eigenvalue weighted by Gasteiger charge is -2.10. The molecule has 122 valence electrons. The summed E-state index contributed by atoms with van der Waals surface area (Å²) in [5.41, 5.74) is 0.308. The molecule has 0 bridgehead atoms. The van der Waals surface area contributed by atoms with Crippen LogP contribution >= 0.6 is 0 Å². The van der Waals surface area contributed by atoms with Crippen LogP contribution in [0.15, 0.2) is 54.6 Å². The summed E-state index contributed by atoms with van der Waals surface area (Å²) in [6, 6.07) is 14.6. The van der Waals surface area contributed by atoms with Crippen LogP contribution in [0.1, 0.15) is 35.2 Å². The zero-order chi connectivity index (χ0) is 17.3. The molecule has 0 aliphatic heterocycles. The first-order chi connectivity index (χ1) is 11.4. The van der Waals surface area contributed by atoms with Crippen LogP contribution in [-0.4, -0.2) is 16.9 Å². The van der Waals surface area contributed by atoms with Gasteiger partial charge in [-0.15, -0.1) is 0 Å². The summed E-state index contributed by atoms with van der Waals surface area (Å²) in [5, 5.41) is 10.6. The van der Waals surface area contributed by atoms with E-state index in [0.717, 1.165) is 5.56 Å². The minimum absolute atomic E-state index is 0.0378. The lowest BCUT2D eigenvalue weighted by atomic mass is 10.0. The Balaban J connectivity index is 1.67. The Labute approximate surface area is 138 Å². The zero-order valence-electron chi connectivity index (χ0n) is 13.0. The quantitative estimate of drug-likeness (QED) is 0.372. The first-order valence-electron chi connectivity index (χ1n) is 7.48. The van der Waals surface area contributed by atoms with Crippen molar-refractivity contribution in [3.63, 3.8) is 0 Å². The van der Waals surface area contributed by atoms with Gasteiger partial charge in [-0.25, -0.2) is 4.79 Å². The third-order valence-electron chi connectivity index (χ3n) is 4.40. The molecule has 6 heteroatoms. The van der Waals surface area contributed by atoms with Crippen molar-refractivity contribution in [2.24, 2.45) is 5.41 Å². The number of ether oxygens (including phenoxy) is 1. The molecule has 3 rings (SSSR count). The maximum absolute atomic E-state index is 12.3. The Kier molecular flexibility index (Phi) is 3.89. The number of hydrogen-bond donors (Lipinski definition) is 0. The van der Waals surface area contributed by atoms with E-state index in [9.17, 15) is 19.7 Å². The standard InChI is InChI=1S/C18H15NO5/c1-18(11-15(18)12-5-3-2-4-6-12)17(21)24-16(20)13-7-9-14(10-8-13)19(22)23/h2-10,15H,11H2,1H3. The fraction of sp³-hybridized carbons (Fsp3) is 0.222. The molecule has 1 fully saturated rings. The largest absolute Gasteiger partial charge is 0.389 e. The van der Waals surface area contributed by atoms with Gasteiger partial charge in [0.2, 0.25) is 0 Å². The summed E-state index contributed by atoms with van der Waals surface area (Å²) in [6.07, 6.45) is 0.628. The van der Waals surface area contributed by atoms with Crippen LogP contribution in [0.25, 0.3) is 0 Å². The highest BCUT2D eigenvalue weighted by molar-refractivity contribution is 5.99. The summed E-state index contributed by atoms with van der Waals surface area (Å²) < 4.78 is 4.97. The van der Waals surface area contributed by atoms with Crippen molar-refractivity contribution in [1.29, 1.82) is 0 Å². The van der Waals surface area contributed by atoms with Gasteiger partial charge in [0.15, 0.2) is 0 Å². The van der Waals surface area contributed by atoms with E-state index in [4.69, 9.17) is 4.74 Å². The second-order valence-corrected chi connectivity index (χ2v) is 6.07. The molecule has 2 unspecified atom stereocenters. The second kappa shape index (κ2) is 5.88. The minimum atomic E-state index is -0.796. The van der Waals surface area contributed by atoms with Gasteiger partial charge in [-0.1, -0.05) is 30.3 Å². The lowest BCUT2D eigenvalue weighted by molar-refractivity contribution is -0.384. The first-order valence-corrected chi connectivity index (χ1v) is 7.48. The molecule has 1 aliphatic rings. The van der Waals surface area contributed by atoms with Crippen LogP contribution in [0.4, 0.5) is 5.69 Å². The van der Waals surface area contributed by atoms with Gasteiger partial charge in [0.25, 0.3) is 5.69 Å². The van der Waals surface area contributed by atoms with Crippen molar-refractivity contribution in [3.8, 4) is 0 Å². The second-order valence-electron chi connectivity index (χ2n) is 6.07. The van der Waals surface area contributed by atoms with Crippen LogP contribution < -0.4 is 0 Å². The Morgan fingerprint density at radius 3 is 2.33 bits per heavy atom. The maximum atomic E-state index is 12.3. The van der Waals surface area contributed by atoms with E-state index >= 15 is 0 Å². The number of carbonyl (C=O) groups is 2. The van der Waals surface area contributed by atoms with Gasteiger partial charge in [-0.05, 0) is 31.0 Å². The molecule has 2 aromatic carbocycles. The number of nitrogens with zero attached hydrogens (tertiary/aromatic N) is 1. The molecular formula is C18H15NO5. The summed E-state index contributed by atoms with van der Waals surface area (Å²) in [4.78, 5) is 34.4. The molecule has 0 heterocycles. The summed E-state index contributed by atoms with van der Waals surface area (Å²) in [5.74, 6) is -1.33. The summed E-state index contributed by atoms with van der Waals surface area (Å²) in [6.45, 7) is 1.77. The van der Waals surface area contributed by atoms with E-state index in [1.54, 1.807) is 6.92 Å². The van der Waals surface area contributed by atoms with E-state index in [0.29, 0.717) is 6.42 Å². The molecule has 0 amide bonds. The van der Waals surface area contributed by atoms with Gasteiger partial charge in [0.05, 0.1) is 15.9 Å². The van der Waals surface area contributed by atoms with Crippen molar-refractivity contribution >= 4 is 17.6 Å². The Morgan fingerprint density at radius 2 is 1.75 bits per heavy atom. The molecule has 0 N–H and O–H groups in total. The summed E-state index contributed by atoms with van der Waals surface area (Å²) >= 11 is 0.